The summed E-state index contributed by atoms with van der Waals surface area (Å²) in [4.78, 5) is 22.1. The number of fused-ring (bicyclic) bond motifs is 1. The van der Waals surface area contributed by atoms with Crippen molar-refractivity contribution >= 4 is 11.7 Å². The second-order valence-corrected chi connectivity index (χ2v) is 10.8. The Morgan fingerprint density at radius 3 is 2.62 bits per heavy atom. The van der Waals surface area contributed by atoms with Gasteiger partial charge in [0.15, 0.2) is 0 Å². The second kappa shape index (κ2) is 11.4. The van der Waals surface area contributed by atoms with E-state index < -0.39 is 0 Å². The summed E-state index contributed by atoms with van der Waals surface area (Å²) in [7, 11) is 0. The summed E-state index contributed by atoms with van der Waals surface area (Å²) < 4.78 is 5.71. The van der Waals surface area contributed by atoms with Crippen LogP contribution in [0.5, 0.6) is 11.6 Å². The average molecular weight is 523 g/mol. The van der Waals surface area contributed by atoms with Gasteiger partial charge in [-0.15, -0.1) is 0 Å². The number of amides is 2. The molecule has 2 saturated heterocycles. The van der Waals surface area contributed by atoms with E-state index in [1.807, 2.05) is 29.2 Å². The number of urea groups is 1. The van der Waals surface area contributed by atoms with Crippen molar-refractivity contribution in [2.75, 3.05) is 38.1 Å². The molecule has 0 radical (unpaired) electrons. The summed E-state index contributed by atoms with van der Waals surface area (Å²) in [5.41, 5.74) is 3.50. The van der Waals surface area contributed by atoms with Crippen LogP contribution in [0.3, 0.4) is 0 Å². The number of hydrogen-bond donors (Lipinski definition) is 2. The number of aromatic hydroxyl groups is 1. The van der Waals surface area contributed by atoms with Gasteiger partial charge in [0.1, 0.15) is 5.75 Å². The normalized spacial score (nSPS) is 20.9. The zero-order chi connectivity index (χ0) is 26.6. The number of benzene rings is 2. The molecular weight excluding hydrogens is 488 g/mol. The number of nitrogens with one attached hydrogen (secondary N) is 1. The Morgan fingerprint density at radius 2 is 1.85 bits per heavy atom. The van der Waals surface area contributed by atoms with Gasteiger partial charge in [0.25, 0.3) is 0 Å². The van der Waals surface area contributed by atoms with Crippen molar-refractivity contribution in [3.05, 3.63) is 83.6 Å². The molecular formula is C32H34N4O3. The molecule has 200 valence electrons. The van der Waals surface area contributed by atoms with E-state index in [1.54, 1.807) is 18.3 Å². The quantitative estimate of drug-likeness (QED) is 0.458. The van der Waals surface area contributed by atoms with Gasteiger partial charge in [-0.3, -0.25) is 4.90 Å². The molecule has 0 bridgehead atoms. The van der Waals surface area contributed by atoms with Gasteiger partial charge in [-0.1, -0.05) is 36.1 Å². The summed E-state index contributed by atoms with van der Waals surface area (Å²) in [6, 6.07) is 19.4. The molecule has 2 amide bonds. The highest BCUT2D eigenvalue weighted by atomic mass is 16.5. The number of ether oxygens (including phenoxy) is 1. The number of phenols is 1. The summed E-state index contributed by atoms with van der Waals surface area (Å²) >= 11 is 0. The second-order valence-electron chi connectivity index (χ2n) is 10.8. The molecule has 2 atom stereocenters. The smallest absolute Gasteiger partial charge is 0.321 e. The van der Waals surface area contributed by atoms with Gasteiger partial charge in [-0.2, -0.15) is 0 Å². The first-order valence-electron chi connectivity index (χ1n) is 13.9. The first-order chi connectivity index (χ1) is 19.1. The number of carbonyl (C=O) groups is 1. The lowest BCUT2D eigenvalue weighted by atomic mass is 9.91. The molecule has 1 saturated carbocycles. The van der Waals surface area contributed by atoms with Gasteiger partial charge >= 0.3 is 6.03 Å². The number of pyridine rings is 1. The molecule has 2 N–H and O–H groups in total. The van der Waals surface area contributed by atoms with Crippen LogP contribution in [-0.2, 0) is 0 Å². The standard InChI is InChI=1S/C32H34N4O3/c37-30-5-2-1-4-26(30)13-10-23-8-11-25(12-9-23)28-16-19-35-17-3-18-36(21-29(28)35)32(38)34-27-14-15-31(33-20-27)39-22-24-6-7-24/h1-2,4-5,8-9,11-12,14-15,20,24,28-29,37H,3,6-7,16-19,21-22H2,(H,34,38)/t28-,29+/m1/s1. The zero-order valence-electron chi connectivity index (χ0n) is 22.1. The maximum atomic E-state index is 13.2. The van der Waals surface area contributed by atoms with Gasteiger partial charge in [-0.05, 0) is 74.0 Å². The van der Waals surface area contributed by atoms with Gasteiger partial charge in [0.2, 0.25) is 5.88 Å². The molecule has 39 heavy (non-hydrogen) atoms. The number of para-hydroxylation sites is 1. The highest BCUT2D eigenvalue weighted by Crippen LogP contribution is 2.35. The van der Waals surface area contributed by atoms with E-state index in [2.05, 4.69) is 51.3 Å². The number of hydrogen-bond acceptors (Lipinski definition) is 5. The lowest BCUT2D eigenvalue weighted by Gasteiger charge is -2.30. The number of phenolic OH excluding ortho intramolecular Hbond substituents is 1. The fourth-order valence-corrected chi connectivity index (χ4v) is 5.56. The first kappa shape index (κ1) is 25.3. The molecule has 2 aliphatic heterocycles. The van der Waals surface area contributed by atoms with E-state index in [0.717, 1.165) is 44.6 Å². The molecule has 1 aromatic heterocycles. The van der Waals surface area contributed by atoms with E-state index in [4.69, 9.17) is 4.74 Å². The van der Waals surface area contributed by atoms with E-state index in [9.17, 15) is 9.90 Å². The molecule has 3 aliphatic rings. The fourth-order valence-electron chi connectivity index (χ4n) is 5.56. The zero-order valence-corrected chi connectivity index (χ0v) is 22.1. The predicted molar refractivity (Wildman–Crippen MR) is 151 cm³/mol. The van der Waals surface area contributed by atoms with Crippen LogP contribution in [0.2, 0.25) is 0 Å². The SMILES string of the molecule is O=C(Nc1ccc(OCC2CC2)nc1)N1CCCN2CC[C@H](c3ccc(C#Cc4ccccc4O)cc3)[C@@H]2C1. The highest BCUT2D eigenvalue weighted by molar-refractivity contribution is 5.89. The molecule has 3 heterocycles. The summed E-state index contributed by atoms with van der Waals surface area (Å²) in [6.07, 6.45) is 6.19. The molecule has 3 fully saturated rings. The summed E-state index contributed by atoms with van der Waals surface area (Å²) in [5, 5.41) is 13.0. The Balaban J connectivity index is 1.09. The van der Waals surface area contributed by atoms with Gasteiger partial charge < -0.3 is 20.1 Å². The van der Waals surface area contributed by atoms with E-state index in [0.29, 0.717) is 35.5 Å². The van der Waals surface area contributed by atoms with Crippen molar-refractivity contribution in [1.82, 2.24) is 14.8 Å². The van der Waals surface area contributed by atoms with E-state index in [-0.39, 0.29) is 17.8 Å². The third kappa shape index (κ3) is 6.18. The maximum absolute atomic E-state index is 13.2. The van der Waals surface area contributed by atoms with Gasteiger partial charge in [-0.25, -0.2) is 9.78 Å². The summed E-state index contributed by atoms with van der Waals surface area (Å²) in [5.74, 6) is 8.05. The minimum Gasteiger partial charge on any atom is -0.507 e. The number of aromatic nitrogens is 1. The molecule has 6 rings (SSSR count). The third-order valence-corrected chi connectivity index (χ3v) is 7.96. The van der Waals surface area contributed by atoms with Crippen LogP contribution >= 0.6 is 0 Å². The van der Waals surface area contributed by atoms with Crippen molar-refractivity contribution in [3.8, 4) is 23.5 Å². The monoisotopic (exact) mass is 522 g/mol. The minimum atomic E-state index is -0.0780. The Hall–Kier alpha value is -4.02. The maximum Gasteiger partial charge on any atom is 0.321 e. The molecule has 7 heteroatoms. The predicted octanol–water partition coefficient (Wildman–Crippen LogP) is 5.07. The Morgan fingerprint density at radius 1 is 1.00 bits per heavy atom. The molecule has 7 nitrogen and oxygen atoms in total. The summed E-state index contributed by atoms with van der Waals surface area (Å²) in [6.45, 7) is 4.21. The number of nitrogens with zero attached hydrogens (tertiary/aromatic N) is 3. The fraction of sp³-hybridized carbons (Fsp3) is 0.375. The Bertz CT molecular complexity index is 1360. The largest absolute Gasteiger partial charge is 0.507 e. The topological polar surface area (TPSA) is 77.9 Å². The number of rotatable bonds is 5. The van der Waals surface area contributed by atoms with Crippen LogP contribution in [0.4, 0.5) is 10.5 Å². The number of carbonyl (C=O) groups excluding carboxylic acids is 1. The third-order valence-electron chi connectivity index (χ3n) is 7.96. The van der Waals surface area contributed by atoms with Crippen molar-refractivity contribution in [2.24, 2.45) is 5.92 Å². The van der Waals surface area contributed by atoms with E-state index in [1.165, 1.54) is 18.4 Å². The van der Waals surface area contributed by atoms with Crippen LogP contribution in [0.15, 0.2) is 66.9 Å². The van der Waals surface area contributed by atoms with Crippen molar-refractivity contribution in [1.29, 1.82) is 0 Å². The molecule has 3 aromatic rings. The van der Waals surface area contributed by atoms with Crippen molar-refractivity contribution in [2.45, 2.75) is 37.6 Å². The number of anilines is 1. The van der Waals surface area contributed by atoms with E-state index >= 15 is 0 Å². The Kier molecular flexibility index (Phi) is 7.38. The van der Waals surface area contributed by atoms with Crippen LogP contribution in [0.25, 0.3) is 0 Å². The van der Waals surface area contributed by atoms with Crippen LogP contribution in [-0.4, -0.2) is 64.7 Å². The van der Waals surface area contributed by atoms with Crippen LogP contribution < -0.4 is 10.1 Å². The minimum absolute atomic E-state index is 0.0780. The first-order valence-corrected chi connectivity index (χ1v) is 13.9. The lowest BCUT2D eigenvalue weighted by Crippen LogP contribution is -2.43. The van der Waals surface area contributed by atoms with Gasteiger partial charge in [0.05, 0.1) is 24.1 Å². The Labute approximate surface area is 229 Å². The molecule has 2 aromatic carbocycles. The van der Waals surface area contributed by atoms with Crippen LogP contribution in [0, 0.1) is 17.8 Å². The van der Waals surface area contributed by atoms with Crippen molar-refractivity contribution in [3.63, 3.8) is 0 Å². The van der Waals surface area contributed by atoms with Crippen molar-refractivity contribution < 1.29 is 14.6 Å². The van der Waals surface area contributed by atoms with Crippen LogP contribution in [0.1, 0.15) is 48.3 Å². The average Bonchev–Trinajstić information content (AvgIpc) is 3.75. The molecule has 1 aliphatic carbocycles. The van der Waals surface area contributed by atoms with Gasteiger partial charge in [0, 0.05) is 43.2 Å². The lowest BCUT2D eigenvalue weighted by molar-refractivity contribution is 0.197. The molecule has 0 unspecified atom stereocenters. The molecule has 0 spiro atoms. The highest BCUT2D eigenvalue weighted by Gasteiger charge is 2.38.